The van der Waals surface area contributed by atoms with Crippen LogP contribution in [0.15, 0.2) is 51.7 Å². The van der Waals surface area contributed by atoms with Gasteiger partial charge in [-0.25, -0.2) is 0 Å². The highest BCUT2D eigenvalue weighted by Crippen LogP contribution is 2.32. The van der Waals surface area contributed by atoms with Gasteiger partial charge in [0.1, 0.15) is 12.4 Å². The van der Waals surface area contributed by atoms with Crippen molar-refractivity contribution >= 4 is 31.9 Å². The molecule has 0 aliphatic heterocycles. The fourth-order valence-corrected chi connectivity index (χ4v) is 2.81. The molecule has 0 fully saturated rings. The number of pyridine rings is 1. The first-order valence-electron chi connectivity index (χ1n) is 5.94. The molecule has 0 aliphatic rings. The van der Waals surface area contributed by atoms with Crippen LogP contribution in [0, 0.1) is 0 Å². The van der Waals surface area contributed by atoms with Crippen LogP contribution in [0.3, 0.4) is 0 Å². The molecule has 0 bridgehead atoms. The monoisotopic (exact) mass is 384 g/mol. The third-order valence-electron chi connectivity index (χ3n) is 2.50. The van der Waals surface area contributed by atoms with E-state index in [0.29, 0.717) is 6.61 Å². The number of halogens is 2. The summed E-state index contributed by atoms with van der Waals surface area (Å²) in [6, 6.07) is 9.87. The van der Waals surface area contributed by atoms with E-state index in [2.05, 4.69) is 42.2 Å². The average Bonchev–Trinajstić information content (AvgIpc) is 2.42. The van der Waals surface area contributed by atoms with Crippen molar-refractivity contribution in [1.82, 2.24) is 10.3 Å². The highest BCUT2D eigenvalue weighted by Gasteiger charge is 2.04. The van der Waals surface area contributed by atoms with E-state index in [4.69, 9.17) is 4.74 Å². The summed E-state index contributed by atoms with van der Waals surface area (Å²) in [5.74, 6) is 0.839. The molecule has 2 aromatic rings. The summed E-state index contributed by atoms with van der Waals surface area (Å²) < 4.78 is 7.64. The minimum absolute atomic E-state index is 0.613. The number of benzene rings is 1. The summed E-state index contributed by atoms with van der Waals surface area (Å²) >= 11 is 6.94. The highest BCUT2D eigenvalue weighted by molar-refractivity contribution is 9.11. The van der Waals surface area contributed by atoms with E-state index in [1.807, 2.05) is 36.5 Å². The first-order chi connectivity index (χ1) is 9.27. The second-order valence-corrected chi connectivity index (χ2v) is 5.65. The Hall–Kier alpha value is -0.910. The maximum Gasteiger partial charge on any atom is 0.147 e. The lowest BCUT2D eigenvalue weighted by Gasteiger charge is -2.10. The molecule has 0 saturated heterocycles. The molecule has 0 unspecified atom stereocenters. The largest absolute Gasteiger partial charge is 0.490 e. The molecule has 1 heterocycles. The number of hydrogen-bond acceptors (Lipinski definition) is 3. The molecule has 100 valence electrons. The topological polar surface area (TPSA) is 34.1 Å². The Morgan fingerprint density at radius 3 is 2.58 bits per heavy atom. The molecule has 1 N–H and O–H groups in total. The zero-order valence-electron chi connectivity index (χ0n) is 10.3. The van der Waals surface area contributed by atoms with Crippen LogP contribution < -0.4 is 10.1 Å². The van der Waals surface area contributed by atoms with Crippen LogP contribution in [0.25, 0.3) is 0 Å². The summed E-state index contributed by atoms with van der Waals surface area (Å²) in [6.07, 6.45) is 3.63. The predicted octanol–water partition coefficient (Wildman–Crippen LogP) is 3.78. The highest BCUT2D eigenvalue weighted by atomic mass is 79.9. The van der Waals surface area contributed by atoms with E-state index in [9.17, 15) is 0 Å². The lowest BCUT2D eigenvalue weighted by molar-refractivity contribution is 0.310. The van der Waals surface area contributed by atoms with Gasteiger partial charge in [-0.15, -0.1) is 0 Å². The van der Waals surface area contributed by atoms with Crippen molar-refractivity contribution < 1.29 is 4.74 Å². The normalized spacial score (nSPS) is 10.4. The van der Waals surface area contributed by atoms with Crippen LogP contribution in [-0.4, -0.2) is 18.1 Å². The van der Waals surface area contributed by atoms with E-state index in [1.54, 1.807) is 6.20 Å². The Morgan fingerprint density at radius 2 is 1.89 bits per heavy atom. The van der Waals surface area contributed by atoms with Crippen molar-refractivity contribution in [3.05, 3.63) is 57.2 Å². The zero-order chi connectivity index (χ0) is 13.5. The van der Waals surface area contributed by atoms with Crippen molar-refractivity contribution in [1.29, 1.82) is 0 Å². The number of nitrogens with zero attached hydrogens (tertiary/aromatic N) is 1. The Bertz CT molecular complexity index is 500. The average molecular weight is 386 g/mol. The van der Waals surface area contributed by atoms with Gasteiger partial charge in [0.05, 0.1) is 8.95 Å². The summed E-state index contributed by atoms with van der Waals surface area (Å²) in [7, 11) is 0. The molecule has 0 saturated carbocycles. The van der Waals surface area contributed by atoms with Crippen molar-refractivity contribution in [2.75, 3.05) is 13.2 Å². The van der Waals surface area contributed by atoms with Crippen LogP contribution in [0.1, 0.15) is 5.56 Å². The van der Waals surface area contributed by atoms with Gasteiger partial charge in [0.25, 0.3) is 0 Å². The van der Waals surface area contributed by atoms with Crippen molar-refractivity contribution in [2.45, 2.75) is 6.54 Å². The number of aromatic nitrogens is 1. The van der Waals surface area contributed by atoms with Crippen LogP contribution in [0.2, 0.25) is 0 Å². The molecule has 0 aliphatic carbocycles. The molecule has 0 radical (unpaired) electrons. The molecule has 19 heavy (non-hydrogen) atoms. The fraction of sp³-hybridized carbons (Fsp3) is 0.214. The predicted molar refractivity (Wildman–Crippen MR) is 83.3 cm³/mol. The van der Waals surface area contributed by atoms with Gasteiger partial charge in [-0.1, -0.05) is 12.1 Å². The van der Waals surface area contributed by atoms with Gasteiger partial charge in [0, 0.05) is 25.5 Å². The molecule has 5 heteroatoms. The van der Waals surface area contributed by atoms with Gasteiger partial charge in [-0.3, -0.25) is 4.98 Å². The summed E-state index contributed by atoms with van der Waals surface area (Å²) in [6.45, 7) is 2.19. The number of hydrogen-bond donors (Lipinski definition) is 1. The number of rotatable bonds is 6. The number of nitrogens with one attached hydrogen (secondary N) is 1. The van der Waals surface area contributed by atoms with Gasteiger partial charge >= 0.3 is 0 Å². The quantitative estimate of drug-likeness (QED) is 0.768. The fourth-order valence-electron chi connectivity index (χ4n) is 1.58. The van der Waals surface area contributed by atoms with Gasteiger partial charge in [-0.2, -0.15) is 0 Å². The first-order valence-corrected chi connectivity index (χ1v) is 7.52. The smallest absolute Gasteiger partial charge is 0.147 e. The lowest BCUT2D eigenvalue weighted by atomic mass is 10.3. The van der Waals surface area contributed by atoms with Crippen LogP contribution in [0.4, 0.5) is 0 Å². The summed E-state index contributed by atoms with van der Waals surface area (Å²) in [5, 5.41) is 3.32. The maximum absolute atomic E-state index is 5.73. The molecule has 0 amide bonds. The second-order valence-electron chi connectivity index (χ2n) is 3.94. The maximum atomic E-state index is 5.73. The minimum atomic E-state index is 0.613. The zero-order valence-corrected chi connectivity index (χ0v) is 13.4. The first kappa shape index (κ1) is 14.5. The molecule has 0 atom stereocenters. The molecule has 0 spiro atoms. The third kappa shape index (κ3) is 4.60. The molecule has 1 aromatic carbocycles. The minimum Gasteiger partial charge on any atom is -0.490 e. The number of para-hydroxylation sites is 1. The number of ether oxygens (including phenoxy) is 1. The van der Waals surface area contributed by atoms with Gasteiger partial charge < -0.3 is 10.1 Å². The standard InChI is InChI=1S/C14H14Br2N2O/c15-12-4-1-5-13(16)14(12)19-8-7-18-10-11-3-2-6-17-9-11/h1-6,9,18H,7-8,10H2. The van der Waals surface area contributed by atoms with Crippen LogP contribution in [0.5, 0.6) is 5.75 Å². The lowest BCUT2D eigenvalue weighted by Crippen LogP contribution is -2.20. The van der Waals surface area contributed by atoms with Crippen molar-refractivity contribution in [3.63, 3.8) is 0 Å². The molecule has 2 rings (SSSR count). The molecular weight excluding hydrogens is 372 g/mol. The Balaban J connectivity index is 1.73. The van der Waals surface area contributed by atoms with Gasteiger partial charge in [-0.05, 0) is 55.6 Å². The second kappa shape index (κ2) is 7.62. The van der Waals surface area contributed by atoms with Gasteiger partial charge in [0.2, 0.25) is 0 Å². The van der Waals surface area contributed by atoms with Crippen molar-refractivity contribution in [2.24, 2.45) is 0 Å². The van der Waals surface area contributed by atoms with Crippen molar-refractivity contribution in [3.8, 4) is 5.75 Å². The summed E-state index contributed by atoms with van der Waals surface area (Å²) in [5.41, 5.74) is 1.17. The Kier molecular flexibility index (Phi) is 5.82. The Morgan fingerprint density at radius 1 is 1.11 bits per heavy atom. The third-order valence-corrected chi connectivity index (χ3v) is 3.74. The van der Waals surface area contributed by atoms with Gasteiger partial charge in [0.15, 0.2) is 0 Å². The van der Waals surface area contributed by atoms with E-state index < -0.39 is 0 Å². The molecular formula is C14H14Br2N2O. The molecule has 1 aromatic heterocycles. The van der Waals surface area contributed by atoms with E-state index in [0.717, 1.165) is 27.8 Å². The summed E-state index contributed by atoms with van der Waals surface area (Å²) in [4.78, 5) is 4.07. The van der Waals surface area contributed by atoms with E-state index >= 15 is 0 Å². The van der Waals surface area contributed by atoms with Crippen LogP contribution in [-0.2, 0) is 6.54 Å². The van der Waals surface area contributed by atoms with E-state index in [1.165, 1.54) is 5.56 Å². The van der Waals surface area contributed by atoms with Crippen LogP contribution >= 0.6 is 31.9 Å². The SMILES string of the molecule is Brc1cccc(Br)c1OCCNCc1cccnc1. The molecule has 3 nitrogen and oxygen atoms in total. The Labute approximate surface area is 129 Å². The van der Waals surface area contributed by atoms with E-state index in [-0.39, 0.29) is 0 Å².